The topological polar surface area (TPSA) is 140 Å². The summed E-state index contributed by atoms with van der Waals surface area (Å²) in [5.74, 6) is 1.91. The van der Waals surface area contributed by atoms with Gasteiger partial charge in [-0.2, -0.15) is 5.10 Å². The van der Waals surface area contributed by atoms with Crippen molar-refractivity contribution in [1.29, 1.82) is 0 Å². The summed E-state index contributed by atoms with van der Waals surface area (Å²) in [5.41, 5.74) is 3.03. The molecule has 13 heteroatoms. The second-order valence-corrected chi connectivity index (χ2v) is 9.15. The molecule has 0 radical (unpaired) electrons. The maximum atomic E-state index is 13.0. The lowest BCUT2D eigenvalue weighted by molar-refractivity contribution is 0.0566. The van der Waals surface area contributed by atoms with Gasteiger partial charge in [0.2, 0.25) is 0 Å². The number of morpholine rings is 1. The number of pyridine rings is 1. The van der Waals surface area contributed by atoms with Gasteiger partial charge in [0.05, 0.1) is 49.2 Å². The Morgan fingerprint density at radius 1 is 1.25 bits per heavy atom. The predicted octanol–water partition coefficient (Wildman–Crippen LogP) is 3.00. The first-order valence-electron chi connectivity index (χ1n) is 12.8. The van der Waals surface area contributed by atoms with Crippen LogP contribution >= 0.6 is 0 Å². The molecule has 0 spiro atoms. The molecule has 208 valence electrons. The lowest BCUT2D eigenvalue weighted by atomic mass is 10.1. The molecule has 1 aliphatic rings. The molecule has 3 N–H and O–H groups in total. The van der Waals surface area contributed by atoms with Crippen LogP contribution in [0.3, 0.4) is 0 Å². The van der Waals surface area contributed by atoms with Gasteiger partial charge in [-0.1, -0.05) is 18.7 Å². The van der Waals surface area contributed by atoms with E-state index in [4.69, 9.17) is 9.47 Å². The van der Waals surface area contributed by atoms with Crippen LogP contribution in [-0.2, 0) is 18.8 Å². The normalized spacial score (nSPS) is 14.2. The van der Waals surface area contributed by atoms with E-state index < -0.39 is 0 Å². The fourth-order valence-electron chi connectivity index (χ4n) is 4.51. The molecule has 13 nitrogen and oxygen atoms in total. The highest BCUT2D eigenvalue weighted by Crippen LogP contribution is 2.37. The molecule has 3 aromatic heterocycles. The van der Waals surface area contributed by atoms with Crippen LogP contribution in [0.15, 0.2) is 64.6 Å². The van der Waals surface area contributed by atoms with Gasteiger partial charge in [0, 0.05) is 33.3 Å². The SMILES string of the molecule is C=C(N=C/C(=C\C)N1CCOCC1)Nc1cc(Nc2cccc(-c3ncn(C)n3)c2OC)c2c(=O)n(C)[nH]c2n1. The Labute approximate surface area is 230 Å². The highest BCUT2D eigenvalue weighted by molar-refractivity contribution is 5.94. The Morgan fingerprint density at radius 3 is 2.75 bits per heavy atom. The molecule has 1 fully saturated rings. The highest BCUT2D eigenvalue weighted by Gasteiger charge is 2.18. The van der Waals surface area contributed by atoms with E-state index in [1.165, 1.54) is 4.68 Å². The molecule has 1 aliphatic heterocycles. The van der Waals surface area contributed by atoms with E-state index in [-0.39, 0.29) is 5.56 Å². The second kappa shape index (κ2) is 11.5. The summed E-state index contributed by atoms with van der Waals surface area (Å²) in [4.78, 5) is 28.7. The highest BCUT2D eigenvalue weighted by atomic mass is 16.5. The number of hydrogen-bond acceptors (Lipinski definition) is 10. The predicted molar refractivity (Wildman–Crippen MR) is 155 cm³/mol. The zero-order valence-corrected chi connectivity index (χ0v) is 22.9. The molecular weight excluding hydrogens is 512 g/mol. The van der Waals surface area contributed by atoms with E-state index in [1.54, 1.807) is 44.5 Å². The van der Waals surface area contributed by atoms with Crippen LogP contribution in [0.5, 0.6) is 5.75 Å². The summed E-state index contributed by atoms with van der Waals surface area (Å²) in [7, 11) is 5.02. The van der Waals surface area contributed by atoms with Crippen molar-refractivity contribution >= 4 is 34.4 Å². The van der Waals surface area contributed by atoms with Crippen LogP contribution in [0, 0.1) is 0 Å². The van der Waals surface area contributed by atoms with E-state index in [1.807, 2.05) is 31.2 Å². The number of fused-ring (bicyclic) bond motifs is 1. The van der Waals surface area contributed by atoms with Crippen molar-refractivity contribution in [3.8, 4) is 17.1 Å². The lowest BCUT2D eigenvalue weighted by Gasteiger charge is -2.29. The number of aromatic amines is 1. The number of benzene rings is 1. The third-order valence-electron chi connectivity index (χ3n) is 6.44. The van der Waals surface area contributed by atoms with Crippen molar-refractivity contribution in [1.82, 2.24) is 34.4 Å². The van der Waals surface area contributed by atoms with Gasteiger partial charge >= 0.3 is 0 Å². The molecule has 0 amide bonds. The Hall–Kier alpha value is -4.91. The van der Waals surface area contributed by atoms with Crippen LogP contribution in [0.2, 0.25) is 0 Å². The number of allylic oxidation sites excluding steroid dienone is 2. The van der Waals surface area contributed by atoms with E-state index in [9.17, 15) is 4.79 Å². The molecule has 4 heterocycles. The van der Waals surface area contributed by atoms with Crippen LogP contribution < -0.4 is 20.9 Å². The largest absolute Gasteiger partial charge is 0.494 e. The van der Waals surface area contributed by atoms with Crippen molar-refractivity contribution in [2.75, 3.05) is 44.0 Å². The number of rotatable bonds is 9. The number of hydrogen-bond donors (Lipinski definition) is 3. The van der Waals surface area contributed by atoms with Gasteiger partial charge in [0.15, 0.2) is 17.2 Å². The van der Waals surface area contributed by atoms with Crippen molar-refractivity contribution in [2.45, 2.75) is 6.92 Å². The van der Waals surface area contributed by atoms with Crippen molar-refractivity contribution < 1.29 is 9.47 Å². The van der Waals surface area contributed by atoms with Crippen LogP contribution in [0.1, 0.15) is 6.92 Å². The number of nitrogens with one attached hydrogen (secondary N) is 3. The lowest BCUT2D eigenvalue weighted by Crippen LogP contribution is -2.36. The Balaban J connectivity index is 1.46. The molecule has 4 aromatic rings. The molecule has 0 saturated carbocycles. The first-order valence-corrected chi connectivity index (χ1v) is 12.8. The number of H-pyrrole nitrogens is 1. The van der Waals surface area contributed by atoms with E-state index in [2.05, 4.69) is 47.3 Å². The molecule has 0 aliphatic carbocycles. The van der Waals surface area contributed by atoms with Crippen molar-refractivity contribution in [2.24, 2.45) is 19.1 Å². The maximum absolute atomic E-state index is 13.0. The first kappa shape index (κ1) is 26.7. The zero-order valence-electron chi connectivity index (χ0n) is 22.9. The fraction of sp³-hybridized carbons (Fsp3) is 0.296. The van der Waals surface area contributed by atoms with Gasteiger partial charge < -0.3 is 25.0 Å². The number of aliphatic imine (C=N–C) groups is 1. The van der Waals surface area contributed by atoms with E-state index in [0.717, 1.165) is 18.8 Å². The van der Waals surface area contributed by atoms with Gasteiger partial charge in [-0.25, -0.2) is 15.0 Å². The minimum Gasteiger partial charge on any atom is -0.494 e. The molecule has 1 aromatic carbocycles. The monoisotopic (exact) mass is 544 g/mol. The minimum atomic E-state index is -0.224. The van der Waals surface area contributed by atoms with Gasteiger partial charge in [0.25, 0.3) is 5.56 Å². The quantitative estimate of drug-likeness (QED) is 0.271. The van der Waals surface area contributed by atoms with E-state index in [0.29, 0.717) is 64.4 Å². The van der Waals surface area contributed by atoms with Crippen molar-refractivity contribution in [3.05, 3.63) is 65.1 Å². The summed E-state index contributed by atoms with van der Waals surface area (Å²) in [6.07, 6.45) is 5.40. The Morgan fingerprint density at radius 2 is 2.05 bits per heavy atom. The molecular formula is C27H32N10O3. The fourth-order valence-corrected chi connectivity index (χ4v) is 4.51. The summed E-state index contributed by atoms with van der Waals surface area (Å²) in [5, 5.41) is 14.3. The van der Waals surface area contributed by atoms with Gasteiger partial charge in [-0.3, -0.25) is 19.3 Å². The molecule has 40 heavy (non-hydrogen) atoms. The third kappa shape index (κ3) is 5.45. The van der Waals surface area contributed by atoms with Crippen molar-refractivity contribution in [3.63, 3.8) is 0 Å². The number of anilines is 3. The zero-order chi connectivity index (χ0) is 28.2. The van der Waals surface area contributed by atoms with Crippen LogP contribution in [0.4, 0.5) is 17.2 Å². The number of para-hydroxylation sites is 1. The number of aryl methyl sites for hydroxylation is 2. The van der Waals surface area contributed by atoms with Crippen LogP contribution in [-0.4, -0.2) is 74.1 Å². The molecule has 0 bridgehead atoms. The Bertz CT molecular complexity index is 1660. The average Bonchev–Trinajstić information content (AvgIpc) is 3.51. The van der Waals surface area contributed by atoms with Crippen LogP contribution in [0.25, 0.3) is 22.4 Å². The molecule has 5 rings (SSSR count). The Kier molecular flexibility index (Phi) is 7.64. The third-order valence-corrected chi connectivity index (χ3v) is 6.44. The summed E-state index contributed by atoms with van der Waals surface area (Å²) < 4.78 is 14.2. The molecule has 1 saturated heterocycles. The smallest absolute Gasteiger partial charge is 0.277 e. The number of nitrogens with zero attached hydrogens (tertiary/aromatic N) is 7. The molecule has 0 atom stereocenters. The van der Waals surface area contributed by atoms with E-state index >= 15 is 0 Å². The van der Waals surface area contributed by atoms with Gasteiger partial charge in [-0.15, -0.1) is 0 Å². The second-order valence-electron chi connectivity index (χ2n) is 9.15. The molecule has 0 unspecified atom stereocenters. The standard InChI is InChI=1S/C27H32N10O3/c1-6-18(37-10-12-40-13-11-37)15-28-17(2)30-22-14-21(23-26(32-22)34-36(4)27(23)38)31-20-9-7-8-19(24(20)39-5)25-29-16-35(3)33-25/h6-9,14-16H,2,10-13H2,1,3-5H3,(H3,30,31,32,34)/b18-6+,28-15?. The van der Waals surface area contributed by atoms with Gasteiger partial charge in [-0.05, 0) is 19.1 Å². The summed E-state index contributed by atoms with van der Waals surface area (Å²) in [6.45, 7) is 9.00. The van der Waals surface area contributed by atoms with Gasteiger partial charge in [0.1, 0.15) is 23.4 Å². The minimum absolute atomic E-state index is 0.224. The summed E-state index contributed by atoms with van der Waals surface area (Å²) in [6, 6.07) is 7.34. The number of aromatic nitrogens is 6. The maximum Gasteiger partial charge on any atom is 0.277 e. The summed E-state index contributed by atoms with van der Waals surface area (Å²) >= 11 is 0. The number of methoxy groups -OCH3 is 1. The average molecular weight is 545 g/mol. The number of ether oxygens (including phenoxy) is 2. The first-order chi connectivity index (χ1) is 19.4.